The van der Waals surface area contributed by atoms with Crippen molar-refractivity contribution in [2.45, 2.75) is 29.8 Å². The normalized spacial score (nSPS) is 44.3. The molecule has 4 aliphatic rings. The minimum Gasteiger partial charge on any atom is -0.634 e. The smallest absolute Gasteiger partial charge is 0.231 e. The maximum absolute atomic E-state index is 12.7. The molecule has 1 aromatic carbocycles. The van der Waals surface area contributed by atoms with Crippen LogP contribution in [0.5, 0.6) is 11.5 Å². The third-order valence-electron chi connectivity index (χ3n) is 6.10. The van der Waals surface area contributed by atoms with Crippen LogP contribution in [-0.2, 0) is 10.2 Å². The third-order valence-corrected chi connectivity index (χ3v) is 6.10. The molecule has 3 N–H and O–H groups in total. The van der Waals surface area contributed by atoms with Crippen LogP contribution in [0.15, 0.2) is 24.3 Å². The van der Waals surface area contributed by atoms with Crippen LogP contribution in [-0.4, -0.2) is 48.9 Å². The van der Waals surface area contributed by atoms with Crippen LogP contribution < -0.4 is 14.5 Å². The SMILES string of the molecule is COC1C=CC23c4cc5c(cc4C(O)C1C2[NH+]([O-])CC3O)OCO5. The average Bonchev–Trinajstić information content (AvgIpc) is 3.14. The fraction of sp³-hybridized carbons (Fsp3) is 0.529. The van der Waals surface area contributed by atoms with E-state index in [-0.39, 0.29) is 24.5 Å². The van der Waals surface area contributed by atoms with E-state index in [9.17, 15) is 15.4 Å². The lowest BCUT2D eigenvalue weighted by molar-refractivity contribution is -0.871. The first kappa shape index (κ1) is 14.7. The molecule has 0 spiro atoms. The quantitative estimate of drug-likeness (QED) is 0.452. The van der Waals surface area contributed by atoms with E-state index in [1.807, 2.05) is 18.2 Å². The lowest BCUT2D eigenvalue weighted by Gasteiger charge is -2.51. The molecule has 2 bridgehead atoms. The molecule has 2 aliphatic heterocycles. The van der Waals surface area contributed by atoms with Crippen LogP contribution in [0.3, 0.4) is 0 Å². The summed E-state index contributed by atoms with van der Waals surface area (Å²) in [7, 11) is 1.57. The summed E-state index contributed by atoms with van der Waals surface area (Å²) in [6, 6.07) is 3.09. The Morgan fingerprint density at radius 1 is 1.29 bits per heavy atom. The number of aliphatic hydroxyl groups is 2. The predicted molar refractivity (Wildman–Crippen MR) is 81.6 cm³/mol. The summed E-state index contributed by atoms with van der Waals surface area (Å²) >= 11 is 0. The maximum Gasteiger partial charge on any atom is 0.231 e. The molecule has 7 nitrogen and oxygen atoms in total. The van der Waals surface area contributed by atoms with Crippen molar-refractivity contribution >= 4 is 0 Å². The molecule has 0 amide bonds. The molecule has 7 heteroatoms. The minimum absolute atomic E-state index is 0.0266. The number of hydrogen-bond acceptors (Lipinski definition) is 6. The number of nitrogens with one attached hydrogen (secondary N) is 1. The Morgan fingerprint density at radius 2 is 2.04 bits per heavy atom. The van der Waals surface area contributed by atoms with Gasteiger partial charge in [-0.25, -0.2) is 0 Å². The molecule has 1 fully saturated rings. The van der Waals surface area contributed by atoms with Gasteiger partial charge >= 0.3 is 0 Å². The van der Waals surface area contributed by atoms with Gasteiger partial charge in [-0.15, -0.1) is 0 Å². The first-order chi connectivity index (χ1) is 11.6. The standard InChI is InChI=1S/C17H19NO6/c1-22-10-2-3-17-9-5-12-11(23-7-24-12)4-8(9)15(20)14(10)16(17)18(21)6-13(17)19/h2-5,10,13-16,18-20H,6-7H2,1H3. The zero-order chi connectivity index (χ0) is 16.6. The zero-order valence-corrected chi connectivity index (χ0v) is 13.1. The molecule has 7 unspecified atom stereocenters. The Morgan fingerprint density at radius 3 is 2.79 bits per heavy atom. The predicted octanol–water partition coefficient (Wildman–Crippen LogP) is -0.973. The molecular formula is C17H19NO6. The van der Waals surface area contributed by atoms with Crippen LogP contribution in [0.4, 0.5) is 0 Å². The Hall–Kier alpha value is -1.64. The van der Waals surface area contributed by atoms with Gasteiger partial charge in [-0.3, -0.25) is 0 Å². The number of methoxy groups -OCH3 is 1. The van der Waals surface area contributed by atoms with Gasteiger partial charge in [-0.05, 0) is 23.3 Å². The van der Waals surface area contributed by atoms with Gasteiger partial charge in [-0.1, -0.05) is 12.2 Å². The van der Waals surface area contributed by atoms with Crippen molar-refractivity contribution < 1.29 is 29.5 Å². The lowest BCUT2D eigenvalue weighted by atomic mass is 9.57. The van der Waals surface area contributed by atoms with E-state index in [1.54, 1.807) is 13.2 Å². The van der Waals surface area contributed by atoms with Crippen LogP contribution in [0.1, 0.15) is 17.2 Å². The van der Waals surface area contributed by atoms with Crippen LogP contribution >= 0.6 is 0 Å². The summed E-state index contributed by atoms with van der Waals surface area (Å²) in [6.07, 6.45) is 1.70. The zero-order valence-electron chi connectivity index (χ0n) is 13.1. The third kappa shape index (κ3) is 1.54. The first-order valence-electron chi connectivity index (χ1n) is 8.13. The monoisotopic (exact) mass is 333 g/mol. The highest BCUT2D eigenvalue weighted by molar-refractivity contribution is 5.57. The van der Waals surface area contributed by atoms with Crippen molar-refractivity contribution in [3.8, 4) is 11.5 Å². The molecular weight excluding hydrogens is 314 g/mol. The fourth-order valence-electron chi connectivity index (χ4n) is 5.10. The first-order valence-corrected chi connectivity index (χ1v) is 8.13. The molecule has 7 atom stereocenters. The number of hydrogen-bond donors (Lipinski definition) is 3. The summed E-state index contributed by atoms with van der Waals surface area (Å²) in [5, 5.41) is 34.4. The summed E-state index contributed by atoms with van der Waals surface area (Å²) < 4.78 is 16.4. The van der Waals surface area contributed by atoms with Crippen LogP contribution in [0.2, 0.25) is 0 Å². The fourth-order valence-corrected chi connectivity index (χ4v) is 5.10. The van der Waals surface area contributed by atoms with Gasteiger partial charge in [0.25, 0.3) is 0 Å². The van der Waals surface area contributed by atoms with Gasteiger partial charge < -0.3 is 34.7 Å². The topological polar surface area (TPSA) is 95.7 Å². The lowest BCUT2D eigenvalue weighted by Crippen LogP contribution is -3.12. The largest absolute Gasteiger partial charge is 0.634 e. The number of hydroxylamine groups is 2. The molecule has 0 aromatic heterocycles. The van der Waals surface area contributed by atoms with Crippen LogP contribution in [0.25, 0.3) is 0 Å². The van der Waals surface area contributed by atoms with Crippen LogP contribution in [0, 0.1) is 11.1 Å². The van der Waals surface area contributed by atoms with Gasteiger partial charge in [0.05, 0.1) is 23.5 Å². The van der Waals surface area contributed by atoms with Crippen molar-refractivity contribution in [3.05, 3.63) is 40.6 Å². The summed E-state index contributed by atoms with van der Waals surface area (Å²) in [5.74, 6) is 0.747. The van der Waals surface area contributed by atoms with Gasteiger partial charge in [-0.2, -0.15) is 0 Å². The summed E-state index contributed by atoms with van der Waals surface area (Å²) in [5.41, 5.74) is 0.608. The molecule has 1 aromatic rings. The number of rotatable bonds is 1. The van der Waals surface area contributed by atoms with Crippen molar-refractivity contribution in [2.75, 3.05) is 20.4 Å². The second-order valence-corrected chi connectivity index (χ2v) is 6.97. The number of benzene rings is 1. The highest BCUT2D eigenvalue weighted by atomic mass is 16.7. The second kappa shape index (κ2) is 4.71. The molecule has 0 saturated carbocycles. The molecule has 0 radical (unpaired) electrons. The van der Waals surface area contributed by atoms with Gasteiger partial charge in [0.1, 0.15) is 18.7 Å². The molecule has 2 heterocycles. The Kier molecular flexibility index (Phi) is 2.88. The number of aliphatic hydroxyl groups excluding tert-OH is 2. The molecule has 5 rings (SSSR count). The number of fused-ring (bicyclic) bond motifs is 2. The highest BCUT2D eigenvalue weighted by Crippen LogP contribution is 2.55. The molecule has 128 valence electrons. The molecule has 2 aliphatic carbocycles. The number of quaternary nitrogens is 1. The number of ether oxygens (including phenoxy) is 3. The van der Waals surface area contributed by atoms with Crippen molar-refractivity contribution in [1.82, 2.24) is 0 Å². The van der Waals surface area contributed by atoms with Gasteiger partial charge in [0.15, 0.2) is 11.5 Å². The van der Waals surface area contributed by atoms with Crippen molar-refractivity contribution in [2.24, 2.45) is 5.92 Å². The van der Waals surface area contributed by atoms with E-state index in [1.165, 1.54) is 0 Å². The summed E-state index contributed by atoms with van der Waals surface area (Å²) in [4.78, 5) is 0. The van der Waals surface area contributed by atoms with E-state index in [0.717, 1.165) is 5.56 Å². The Bertz CT molecular complexity index is 736. The van der Waals surface area contributed by atoms with Gasteiger partial charge in [0.2, 0.25) is 6.79 Å². The maximum atomic E-state index is 12.7. The van der Waals surface area contributed by atoms with E-state index < -0.39 is 29.6 Å². The van der Waals surface area contributed by atoms with Crippen molar-refractivity contribution in [3.63, 3.8) is 0 Å². The minimum atomic E-state index is -0.864. The summed E-state index contributed by atoms with van der Waals surface area (Å²) in [6.45, 7) is 0.217. The van der Waals surface area contributed by atoms with E-state index in [2.05, 4.69) is 0 Å². The average molecular weight is 333 g/mol. The second-order valence-electron chi connectivity index (χ2n) is 6.97. The molecule has 24 heavy (non-hydrogen) atoms. The van der Waals surface area contributed by atoms with E-state index in [0.29, 0.717) is 17.1 Å². The van der Waals surface area contributed by atoms with Gasteiger partial charge in [0, 0.05) is 7.11 Å². The Labute approximate surface area is 138 Å². The van der Waals surface area contributed by atoms with E-state index in [4.69, 9.17) is 14.2 Å². The highest BCUT2D eigenvalue weighted by Gasteiger charge is 2.66. The van der Waals surface area contributed by atoms with E-state index >= 15 is 0 Å². The van der Waals surface area contributed by atoms with Crippen molar-refractivity contribution in [1.29, 1.82) is 0 Å². The molecule has 1 saturated heterocycles. The Balaban J connectivity index is 1.80.